The second-order valence-corrected chi connectivity index (χ2v) is 9.13. The lowest BCUT2D eigenvalue weighted by atomic mass is 9.77. The smallest absolute Gasteiger partial charge is 0.258 e. The first kappa shape index (κ1) is 21.9. The molecule has 1 N–H and O–H groups in total. The molecule has 170 valence electrons. The molecule has 2 fully saturated rings. The number of nitrogens with zero attached hydrogens (tertiary/aromatic N) is 1. The molecule has 0 aliphatic carbocycles. The fraction of sp³-hybridized carbons (Fsp3) is 0.292. The highest BCUT2D eigenvalue weighted by atomic mass is 35.5. The van der Waals surface area contributed by atoms with Crippen LogP contribution in [-0.4, -0.2) is 47.5 Å². The van der Waals surface area contributed by atoms with Crippen molar-refractivity contribution in [2.24, 2.45) is 11.8 Å². The van der Waals surface area contributed by atoms with Crippen molar-refractivity contribution in [3.8, 4) is 5.75 Å². The van der Waals surface area contributed by atoms with Crippen molar-refractivity contribution in [1.29, 1.82) is 0 Å². The highest BCUT2D eigenvalue weighted by Gasteiger charge is 2.67. The van der Waals surface area contributed by atoms with Crippen LogP contribution in [0.3, 0.4) is 0 Å². The minimum Gasteiger partial charge on any atom is -0.482 e. The Bertz CT molecular complexity index is 1150. The second kappa shape index (κ2) is 8.48. The maximum atomic E-state index is 13.2. The van der Waals surface area contributed by atoms with Crippen LogP contribution in [0.5, 0.6) is 5.75 Å². The Kier molecular flexibility index (Phi) is 5.64. The normalized spacial score (nSPS) is 27.2. The Hall–Kier alpha value is -2.87. The van der Waals surface area contributed by atoms with E-state index in [1.807, 2.05) is 30.3 Å². The fourth-order valence-electron chi connectivity index (χ4n) is 4.71. The third-order valence-electron chi connectivity index (χ3n) is 6.24. The van der Waals surface area contributed by atoms with Gasteiger partial charge in [0, 0.05) is 5.02 Å². The summed E-state index contributed by atoms with van der Waals surface area (Å²) in [7, 11) is 0. The fourth-order valence-corrected chi connectivity index (χ4v) is 5.17. The molecule has 0 spiro atoms. The van der Waals surface area contributed by atoms with E-state index in [1.54, 1.807) is 24.3 Å². The maximum absolute atomic E-state index is 13.2. The summed E-state index contributed by atoms with van der Waals surface area (Å²) in [5, 5.41) is 3.52. The summed E-state index contributed by atoms with van der Waals surface area (Å²) in [4.78, 5) is 40.0. The number of ether oxygens (including phenoxy) is 2. The van der Waals surface area contributed by atoms with E-state index >= 15 is 0 Å². The number of carbonyl (C=O) groups excluding carboxylic acids is 3. The number of fused-ring (bicyclic) bond motifs is 5. The molecule has 7 nitrogen and oxygen atoms in total. The van der Waals surface area contributed by atoms with Gasteiger partial charge in [-0.2, -0.15) is 0 Å². The molecule has 3 heterocycles. The second-order valence-electron chi connectivity index (χ2n) is 8.29. The number of likely N-dealkylation sites (tertiary alicyclic amines) is 1. The van der Waals surface area contributed by atoms with Crippen LogP contribution in [0.2, 0.25) is 10.0 Å². The van der Waals surface area contributed by atoms with E-state index in [0.717, 1.165) is 5.56 Å². The molecule has 3 aliphatic heterocycles. The molecule has 3 amide bonds. The van der Waals surface area contributed by atoms with Crippen molar-refractivity contribution in [3.05, 3.63) is 76.3 Å². The molecule has 3 aliphatic rings. The van der Waals surface area contributed by atoms with E-state index < -0.39 is 29.4 Å². The summed E-state index contributed by atoms with van der Waals surface area (Å²) < 4.78 is 11.5. The summed E-state index contributed by atoms with van der Waals surface area (Å²) in [5.41, 5.74) is -0.179. The van der Waals surface area contributed by atoms with Crippen LogP contribution >= 0.6 is 23.2 Å². The quantitative estimate of drug-likeness (QED) is 0.480. The average molecular weight is 487 g/mol. The van der Waals surface area contributed by atoms with E-state index in [1.165, 1.54) is 11.0 Å². The van der Waals surface area contributed by atoms with E-state index in [-0.39, 0.29) is 31.5 Å². The molecular weight excluding hydrogens is 467 g/mol. The van der Waals surface area contributed by atoms with Gasteiger partial charge >= 0.3 is 0 Å². The Balaban J connectivity index is 1.24. The van der Waals surface area contributed by atoms with Gasteiger partial charge < -0.3 is 14.8 Å². The van der Waals surface area contributed by atoms with Crippen molar-refractivity contribution in [2.45, 2.75) is 18.2 Å². The van der Waals surface area contributed by atoms with Crippen LogP contribution in [0.1, 0.15) is 5.56 Å². The summed E-state index contributed by atoms with van der Waals surface area (Å²) >= 11 is 11.9. The molecule has 9 heteroatoms. The lowest BCUT2D eigenvalue weighted by Gasteiger charge is -2.29. The van der Waals surface area contributed by atoms with E-state index in [9.17, 15) is 14.4 Å². The van der Waals surface area contributed by atoms with Gasteiger partial charge in [-0.3, -0.25) is 19.3 Å². The highest BCUT2D eigenvalue weighted by Crippen LogP contribution is 2.51. The Morgan fingerprint density at radius 1 is 1.12 bits per heavy atom. The molecule has 0 radical (unpaired) electrons. The molecule has 5 rings (SSSR count). The van der Waals surface area contributed by atoms with Crippen molar-refractivity contribution in [3.63, 3.8) is 0 Å². The molecule has 2 aromatic carbocycles. The standard InChI is InChI=1S/C24H20Cl2N2O5/c25-15-6-7-17(16(26)10-15)32-12-19(29)27-13-24-9-8-18(33-24)20-21(24)23(31)28(22(20)30)11-14-4-2-1-3-5-14/h1-10,18,20-21H,11-13H2,(H,27,29)/t18-,20+,21-,24+/m0/s1. The van der Waals surface area contributed by atoms with Gasteiger partial charge in [0.1, 0.15) is 11.4 Å². The first-order chi connectivity index (χ1) is 15.9. The summed E-state index contributed by atoms with van der Waals surface area (Å²) in [6.07, 6.45) is 3.11. The number of carbonyl (C=O) groups is 3. The largest absolute Gasteiger partial charge is 0.482 e. The molecular formula is C24H20Cl2N2O5. The SMILES string of the molecule is O=C(COc1ccc(Cl)cc1Cl)NC[C@@]12C=C[C@H](O1)[C@H]1C(=O)N(Cc3ccccc3)C(=O)[C@H]12. The van der Waals surface area contributed by atoms with E-state index in [0.29, 0.717) is 15.8 Å². The molecule has 33 heavy (non-hydrogen) atoms. The number of imide groups is 1. The monoisotopic (exact) mass is 486 g/mol. The van der Waals surface area contributed by atoms with E-state index in [2.05, 4.69) is 5.32 Å². The van der Waals surface area contributed by atoms with Crippen LogP contribution in [0.15, 0.2) is 60.7 Å². The van der Waals surface area contributed by atoms with Gasteiger partial charge in [0.05, 0.1) is 36.1 Å². The number of hydrogen-bond donors (Lipinski definition) is 1. The summed E-state index contributed by atoms with van der Waals surface area (Å²) in [5.74, 6) is -1.84. The number of amides is 3. The Morgan fingerprint density at radius 2 is 1.91 bits per heavy atom. The summed E-state index contributed by atoms with van der Waals surface area (Å²) in [6, 6.07) is 14.1. The van der Waals surface area contributed by atoms with Crippen molar-refractivity contribution in [1.82, 2.24) is 10.2 Å². The number of benzene rings is 2. The lowest BCUT2D eigenvalue weighted by Crippen LogP contribution is -2.49. The Labute approximate surface area is 200 Å². The van der Waals surface area contributed by atoms with Gasteiger partial charge in [0.2, 0.25) is 11.8 Å². The van der Waals surface area contributed by atoms with Crippen LogP contribution in [0.4, 0.5) is 0 Å². The number of rotatable bonds is 7. The third kappa shape index (κ3) is 3.90. The Morgan fingerprint density at radius 3 is 2.67 bits per heavy atom. The summed E-state index contributed by atoms with van der Waals surface area (Å²) in [6.45, 7) is -0.00204. The van der Waals surface area contributed by atoms with E-state index in [4.69, 9.17) is 32.7 Å². The molecule has 2 saturated heterocycles. The molecule has 4 atom stereocenters. The van der Waals surface area contributed by atoms with Gasteiger partial charge in [-0.05, 0) is 23.8 Å². The zero-order valence-electron chi connectivity index (χ0n) is 17.4. The van der Waals surface area contributed by atoms with Gasteiger partial charge in [-0.1, -0.05) is 65.7 Å². The number of nitrogens with one attached hydrogen (secondary N) is 1. The molecule has 2 aromatic rings. The van der Waals surface area contributed by atoms with Crippen molar-refractivity contribution < 1.29 is 23.9 Å². The maximum Gasteiger partial charge on any atom is 0.258 e. The van der Waals surface area contributed by atoms with Crippen LogP contribution in [-0.2, 0) is 25.7 Å². The molecule has 0 aromatic heterocycles. The van der Waals surface area contributed by atoms with Crippen LogP contribution in [0, 0.1) is 11.8 Å². The molecule has 0 saturated carbocycles. The first-order valence-electron chi connectivity index (χ1n) is 10.5. The average Bonchev–Trinajstić information content (AvgIpc) is 3.44. The molecule has 0 unspecified atom stereocenters. The lowest BCUT2D eigenvalue weighted by molar-refractivity contribution is -0.145. The zero-order chi connectivity index (χ0) is 23.2. The minimum absolute atomic E-state index is 0.0515. The van der Waals surface area contributed by atoms with Gasteiger partial charge in [0.15, 0.2) is 6.61 Å². The van der Waals surface area contributed by atoms with Crippen LogP contribution in [0.25, 0.3) is 0 Å². The third-order valence-corrected chi connectivity index (χ3v) is 6.77. The number of halogens is 2. The first-order valence-corrected chi connectivity index (χ1v) is 11.2. The predicted molar refractivity (Wildman–Crippen MR) is 121 cm³/mol. The van der Waals surface area contributed by atoms with Gasteiger partial charge in [0.25, 0.3) is 5.91 Å². The van der Waals surface area contributed by atoms with Crippen LogP contribution < -0.4 is 10.1 Å². The van der Waals surface area contributed by atoms with Crippen molar-refractivity contribution >= 4 is 40.9 Å². The topological polar surface area (TPSA) is 84.9 Å². The van der Waals surface area contributed by atoms with Gasteiger partial charge in [-0.25, -0.2) is 0 Å². The zero-order valence-corrected chi connectivity index (χ0v) is 18.9. The van der Waals surface area contributed by atoms with Gasteiger partial charge in [-0.15, -0.1) is 0 Å². The molecule has 2 bridgehead atoms. The van der Waals surface area contributed by atoms with Crippen molar-refractivity contribution in [2.75, 3.05) is 13.2 Å². The number of hydrogen-bond acceptors (Lipinski definition) is 5. The predicted octanol–water partition coefficient (Wildman–Crippen LogP) is 3.00. The highest BCUT2D eigenvalue weighted by molar-refractivity contribution is 6.35. The minimum atomic E-state index is -1.05.